The van der Waals surface area contributed by atoms with Crippen LogP contribution >= 0.6 is 24.2 Å². The third-order valence-corrected chi connectivity index (χ3v) is 6.21. The van der Waals surface area contributed by atoms with Gasteiger partial charge in [-0.2, -0.15) is 11.8 Å². The van der Waals surface area contributed by atoms with Gasteiger partial charge in [-0.05, 0) is 43.3 Å². The Hall–Kier alpha value is 0.0700. The average molecular weight is 291 g/mol. The molecular weight excluding hydrogens is 268 g/mol. The van der Waals surface area contributed by atoms with Crippen LogP contribution in [0.15, 0.2) is 0 Å². The first-order valence-corrected chi connectivity index (χ1v) is 7.94. The second-order valence-corrected chi connectivity index (χ2v) is 7.05. The first-order chi connectivity index (χ1) is 8.18. The van der Waals surface area contributed by atoms with Crippen molar-refractivity contribution in [2.75, 3.05) is 18.6 Å². The van der Waals surface area contributed by atoms with E-state index in [1.807, 2.05) is 23.7 Å². The molecular formula is C13H23ClN2OS. The molecule has 18 heavy (non-hydrogen) atoms. The summed E-state index contributed by atoms with van der Waals surface area (Å²) in [5.41, 5.74) is 6.25. The van der Waals surface area contributed by atoms with Crippen LogP contribution in [0.3, 0.4) is 0 Å². The topological polar surface area (TPSA) is 46.3 Å². The normalized spacial score (nSPS) is 41.8. The van der Waals surface area contributed by atoms with Gasteiger partial charge in [0, 0.05) is 24.9 Å². The van der Waals surface area contributed by atoms with Crippen LogP contribution in [0.25, 0.3) is 0 Å². The third-order valence-electron chi connectivity index (χ3n) is 5.07. The SMILES string of the molecule is CN(C(=O)C1C2CCC(C2)C1N)C1CCSC1.Cl. The van der Waals surface area contributed by atoms with Crippen molar-refractivity contribution in [2.45, 2.75) is 37.8 Å². The lowest BCUT2D eigenvalue weighted by Gasteiger charge is -2.33. The average Bonchev–Trinajstić information content (AvgIpc) is 3.03. The van der Waals surface area contributed by atoms with Crippen molar-refractivity contribution < 1.29 is 4.79 Å². The van der Waals surface area contributed by atoms with Crippen molar-refractivity contribution in [3.63, 3.8) is 0 Å². The van der Waals surface area contributed by atoms with Gasteiger partial charge in [-0.25, -0.2) is 0 Å². The van der Waals surface area contributed by atoms with Gasteiger partial charge in [-0.3, -0.25) is 4.79 Å². The van der Waals surface area contributed by atoms with Crippen molar-refractivity contribution in [1.29, 1.82) is 0 Å². The van der Waals surface area contributed by atoms with E-state index in [0.29, 0.717) is 23.8 Å². The Bertz CT molecular complexity index is 320. The summed E-state index contributed by atoms with van der Waals surface area (Å²) >= 11 is 1.96. The Kier molecular flexibility index (Phi) is 4.50. The van der Waals surface area contributed by atoms with E-state index >= 15 is 0 Å². The summed E-state index contributed by atoms with van der Waals surface area (Å²) in [7, 11) is 1.98. The molecule has 1 amide bonds. The minimum Gasteiger partial charge on any atom is -0.342 e. The van der Waals surface area contributed by atoms with Crippen molar-refractivity contribution in [3.05, 3.63) is 0 Å². The summed E-state index contributed by atoms with van der Waals surface area (Å²) in [6.45, 7) is 0. The molecule has 5 heteroatoms. The molecule has 2 aliphatic carbocycles. The molecule has 1 heterocycles. The number of carbonyl (C=O) groups is 1. The highest BCUT2D eigenvalue weighted by atomic mass is 35.5. The number of nitrogens with zero attached hydrogens (tertiary/aromatic N) is 1. The lowest BCUT2D eigenvalue weighted by molar-refractivity contribution is -0.138. The number of hydrogen-bond acceptors (Lipinski definition) is 3. The molecule has 2 N–H and O–H groups in total. The van der Waals surface area contributed by atoms with Crippen LogP contribution in [0.2, 0.25) is 0 Å². The van der Waals surface area contributed by atoms with Gasteiger partial charge in [-0.15, -0.1) is 12.4 Å². The van der Waals surface area contributed by atoms with Crippen molar-refractivity contribution >= 4 is 30.1 Å². The van der Waals surface area contributed by atoms with E-state index in [-0.39, 0.29) is 24.4 Å². The largest absolute Gasteiger partial charge is 0.342 e. The molecule has 5 atom stereocenters. The van der Waals surface area contributed by atoms with Crippen LogP contribution in [0.4, 0.5) is 0 Å². The molecule has 2 saturated carbocycles. The van der Waals surface area contributed by atoms with Gasteiger partial charge >= 0.3 is 0 Å². The minimum absolute atomic E-state index is 0. The van der Waals surface area contributed by atoms with Crippen LogP contribution in [-0.4, -0.2) is 41.4 Å². The highest BCUT2D eigenvalue weighted by Crippen LogP contribution is 2.48. The van der Waals surface area contributed by atoms with Crippen molar-refractivity contribution in [1.82, 2.24) is 4.90 Å². The zero-order valence-corrected chi connectivity index (χ0v) is 12.5. The maximum Gasteiger partial charge on any atom is 0.227 e. The summed E-state index contributed by atoms with van der Waals surface area (Å²) in [6, 6.07) is 0.594. The van der Waals surface area contributed by atoms with E-state index in [0.717, 1.165) is 12.2 Å². The van der Waals surface area contributed by atoms with Gasteiger partial charge in [0.25, 0.3) is 0 Å². The molecule has 0 radical (unpaired) electrons. The molecule has 1 aliphatic heterocycles. The van der Waals surface area contributed by atoms with Crippen LogP contribution in [0.5, 0.6) is 0 Å². The lowest BCUT2D eigenvalue weighted by Crippen LogP contribution is -2.48. The van der Waals surface area contributed by atoms with Crippen molar-refractivity contribution in [2.24, 2.45) is 23.5 Å². The Balaban J connectivity index is 0.00000120. The van der Waals surface area contributed by atoms with Gasteiger partial charge in [0.2, 0.25) is 5.91 Å². The zero-order chi connectivity index (χ0) is 12.0. The minimum atomic E-state index is 0. The number of thioether (sulfide) groups is 1. The van der Waals surface area contributed by atoms with Gasteiger partial charge in [0.15, 0.2) is 0 Å². The summed E-state index contributed by atoms with van der Waals surface area (Å²) in [5, 5.41) is 0. The van der Waals surface area contributed by atoms with E-state index in [2.05, 4.69) is 0 Å². The quantitative estimate of drug-likeness (QED) is 0.843. The molecule has 1 saturated heterocycles. The Morgan fingerprint density at radius 2 is 2.00 bits per heavy atom. The summed E-state index contributed by atoms with van der Waals surface area (Å²) < 4.78 is 0. The van der Waals surface area contributed by atoms with E-state index in [9.17, 15) is 4.79 Å². The lowest BCUT2D eigenvalue weighted by atomic mass is 9.84. The summed E-state index contributed by atoms with van der Waals surface area (Å²) in [5.74, 6) is 3.98. The fourth-order valence-corrected chi connectivity index (χ4v) is 5.21. The second kappa shape index (κ2) is 5.59. The predicted molar refractivity (Wildman–Crippen MR) is 78.0 cm³/mol. The first kappa shape index (κ1) is 14.5. The van der Waals surface area contributed by atoms with Crippen LogP contribution in [-0.2, 0) is 4.79 Å². The molecule has 3 nitrogen and oxygen atoms in total. The molecule has 0 spiro atoms. The molecule has 0 aromatic carbocycles. The Labute approximate surface area is 120 Å². The Morgan fingerprint density at radius 3 is 2.56 bits per heavy atom. The Morgan fingerprint density at radius 1 is 1.28 bits per heavy atom. The van der Waals surface area contributed by atoms with E-state index in [1.54, 1.807) is 0 Å². The fourth-order valence-electron chi connectivity index (χ4n) is 3.94. The maximum absolute atomic E-state index is 12.6. The molecule has 3 rings (SSSR count). The zero-order valence-electron chi connectivity index (χ0n) is 10.9. The summed E-state index contributed by atoms with van der Waals surface area (Å²) in [6.07, 6.45) is 4.83. The van der Waals surface area contributed by atoms with E-state index < -0.39 is 0 Å². The van der Waals surface area contributed by atoms with E-state index in [4.69, 9.17) is 5.73 Å². The van der Waals surface area contributed by atoms with Gasteiger partial charge < -0.3 is 10.6 Å². The van der Waals surface area contributed by atoms with E-state index in [1.165, 1.54) is 25.0 Å². The van der Waals surface area contributed by atoms with Crippen molar-refractivity contribution in [3.8, 4) is 0 Å². The number of hydrogen-bond donors (Lipinski definition) is 1. The first-order valence-electron chi connectivity index (χ1n) is 6.78. The number of rotatable bonds is 2. The summed E-state index contributed by atoms with van der Waals surface area (Å²) in [4.78, 5) is 14.6. The smallest absolute Gasteiger partial charge is 0.227 e. The number of nitrogens with two attached hydrogens (primary N) is 1. The van der Waals surface area contributed by atoms with Gasteiger partial charge in [-0.1, -0.05) is 0 Å². The molecule has 0 aromatic rings. The predicted octanol–water partition coefficient (Wildman–Crippen LogP) is 1.75. The van der Waals surface area contributed by atoms with Gasteiger partial charge in [0.1, 0.15) is 0 Å². The number of halogens is 1. The molecule has 5 unspecified atom stereocenters. The molecule has 3 aliphatic rings. The molecule has 3 fully saturated rings. The number of fused-ring (bicyclic) bond motifs is 2. The standard InChI is InChI=1S/C13H22N2OS.ClH/c1-15(10-4-5-17-7-10)13(16)11-8-2-3-9(6-8)12(11)14;/h8-12H,2-7,14H2,1H3;1H. The molecule has 104 valence electrons. The highest BCUT2D eigenvalue weighted by molar-refractivity contribution is 7.99. The molecule has 0 aromatic heterocycles. The van der Waals surface area contributed by atoms with Crippen LogP contribution in [0.1, 0.15) is 25.7 Å². The third kappa shape index (κ3) is 2.27. The monoisotopic (exact) mass is 290 g/mol. The second-order valence-electron chi connectivity index (χ2n) is 5.90. The van der Waals surface area contributed by atoms with Crippen LogP contribution in [0, 0.1) is 17.8 Å². The highest BCUT2D eigenvalue weighted by Gasteiger charge is 2.50. The fraction of sp³-hybridized carbons (Fsp3) is 0.923. The maximum atomic E-state index is 12.6. The number of amides is 1. The number of carbonyl (C=O) groups excluding carboxylic acids is 1. The molecule has 2 bridgehead atoms. The van der Waals surface area contributed by atoms with Crippen LogP contribution < -0.4 is 5.73 Å². The van der Waals surface area contributed by atoms with Gasteiger partial charge in [0.05, 0.1) is 5.92 Å².